The quantitative estimate of drug-likeness (QED) is 0.183. The van der Waals surface area contributed by atoms with E-state index in [1.54, 1.807) is 14.0 Å². The van der Waals surface area contributed by atoms with Crippen molar-refractivity contribution in [2.45, 2.75) is 71.6 Å². The molecule has 8 heteroatoms. The Morgan fingerprint density at radius 1 is 1.02 bits per heavy atom. The van der Waals surface area contributed by atoms with Gasteiger partial charge in [0, 0.05) is 11.6 Å². The van der Waals surface area contributed by atoms with Crippen LogP contribution < -0.4 is 14.2 Å². The number of carbonyl (C=O) groups is 2. The van der Waals surface area contributed by atoms with E-state index >= 15 is 0 Å². The van der Waals surface area contributed by atoms with Gasteiger partial charge in [0.1, 0.15) is 5.75 Å². The maximum Gasteiger partial charge on any atom is 0.310 e. The summed E-state index contributed by atoms with van der Waals surface area (Å²) < 4.78 is 21.2. The molecule has 3 atom stereocenters. The molecule has 1 N–H and O–H groups in total. The Kier molecular flexibility index (Phi) is 11.4. The molecule has 5 rings (SSSR count). The fraction of sp³-hybridized carbons (Fsp3) is 0.457. The molecule has 1 aliphatic carbocycles. The van der Waals surface area contributed by atoms with Crippen LogP contribution in [0.15, 0.2) is 54.6 Å². The number of carbonyl (C=O) groups excluding carboxylic acids is 1. The lowest BCUT2D eigenvalue weighted by Gasteiger charge is -2.23. The van der Waals surface area contributed by atoms with Crippen molar-refractivity contribution >= 4 is 11.9 Å². The average Bonchev–Trinajstić information content (AvgIpc) is 3.65. The summed E-state index contributed by atoms with van der Waals surface area (Å²) in [6.45, 7) is 6.70. The van der Waals surface area contributed by atoms with Gasteiger partial charge in [0.2, 0.25) is 6.79 Å². The number of hydrogen-bond acceptors (Lipinski definition) is 7. The molecular weight excluding hydrogens is 546 g/mol. The number of esters is 1. The highest BCUT2D eigenvalue weighted by atomic mass is 16.7. The van der Waals surface area contributed by atoms with Crippen molar-refractivity contribution < 1.29 is 33.6 Å². The van der Waals surface area contributed by atoms with Crippen molar-refractivity contribution in [3.8, 4) is 17.2 Å². The van der Waals surface area contributed by atoms with Gasteiger partial charge in [0.15, 0.2) is 11.5 Å². The molecule has 2 aliphatic rings. The number of unbranched alkanes of at least 4 members (excludes halogenated alkanes) is 2. The molecule has 230 valence electrons. The largest absolute Gasteiger partial charge is 0.497 e. The van der Waals surface area contributed by atoms with E-state index < -0.39 is 11.9 Å². The Morgan fingerprint density at radius 2 is 1.74 bits per heavy atom. The van der Waals surface area contributed by atoms with Gasteiger partial charge in [-0.25, -0.2) is 0 Å². The highest BCUT2D eigenvalue weighted by Gasteiger charge is 2.41. The molecular formula is C35H43NO7. The highest BCUT2D eigenvalue weighted by Crippen LogP contribution is 2.44. The summed E-state index contributed by atoms with van der Waals surface area (Å²) in [6, 6.07) is 17.5. The fourth-order valence-electron chi connectivity index (χ4n) is 5.49. The third kappa shape index (κ3) is 8.06. The minimum absolute atomic E-state index is 0.209. The van der Waals surface area contributed by atoms with Crippen molar-refractivity contribution in [2.24, 2.45) is 11.8 Å². The first-order valence-corrected chi connectivity index (χ1v) is 15.3. The zero-order valence-electron chi connectivity index (χ0n) is 25.6. The standard InChI is InChI=1S/C28H37NO5.C7H6O2/c1-5-7-9-21-11-10-19-17-24(28(32)34-14-8-6-2)25(26(19)29-21)23-13-12-22(33-4)16-20(23)15-18(3)27(30)31;1-2-4-7-6(3-1)8-5-9-7/h10-13,16,18,24-25H,5-9,14-15,17H2,1-4H3,(H,30,31);1-4H,5H2/t18?,24-,25+;/m1./s1. The molecule has 2 aromatic carbocycles. The minimum Gasteiger partial charge on any atom is -0.497 e. The number of aliphatic carboxylic acids is 1. The zero-order chi connectivity index (χ0) is 30.8. The Bertz CT molecular complexity index is 1370. The predicted molar refractivity (Wildman–Crippen MR) is 164 cm³/mol. The van der Waals surface area contributed by atoms with Gasteiger partial charge in [-0.2, -0.15) is 0 Å². The highest BCUT2D eigenvalue weighted by molar-refractivity contribution is 5.77. The molecule has 3 aromatic rings. The van der Waals surface area contributed by atoms with Crippen LogP contribution >= 0.6 is 0 Å². The van der Waals surface area contributed by atoms with E-state index in [9.17, 15) is 14.7 Å². The van der Waals surface area contributed by atoms with E-state index in [1.807, 2.05) is 42.5 Å². The van der Waals surface area contributed by atoms with Crippen LogP contribution in [0.3, 0.4) is 0 Å². The fourth-order valence-corrected chi connectivity index (χ4v) is 5.49. The molecule has 0 bridgehead atoms. The van der Waals surface area contributed by atoms with E-state index in [4.69, 9.17) is 23.9 Å². The van der Waals surface area contributed by atoms with E-state index in [0.29, 0.717) is 32.0 Å². The second-order valence-electron chi connectivity index (χ2n) is 11.1. The number of benzene rings is 2. The number of carboxylic acids is 1. The summed E-state index contributed by atoms with van der Waals surface area (Å²) >= 11 is 0. The van der Waals surface area contributed by atoms with Crippen LogP contribution in [0.4, 0.5) is 0 Å². The van der Waals surface area contributed by atoms with Crippen LogP contribution in [-0.4, -0.2) is 42.5 Å². The van der Waals surface area contributed by atoms with Gasteiger partial charge in [0.25, 0.3) is 0 Å². The third-order valence-corrected chi connectivity index (χ3v) is 7.95. The summed E-state index contributed by atoms with van der Waals surface area (Å²) in [5, 5.41) is 9.55. The maximum atomic E-state index is 13.2. The molecule has 1 unspecified atom stereocenters. The first kappa shape index (κ1) is 31.9. The number of aromatic nitrogens is 1. The van der Waals surface area contributed by atoms with Crippen molar-refractivity contribution in [3.05, 3.63) is 82.7 Å². The molecule has 8 nitrogen and oxygen atoms in total. The Hall–Kier alpha value is -4.07. The van der Waals surface area contributed by atoms with Crippen LogP contribution in [0.2, 0.25) is 0 Å². The molecule has 0 radical (unpaired) electrons. The number of pyridine rings is 1. The topological polar surface area (TPSA) is 104 Å². The number of nitrogens with zero attached hydrogens (tertiary/aromatic N) is 1. The molecule has 0 fully saturated rings. The molecule has 0 spiro atoms. The lowest BCUT2D eigenvalue weighted by Crippen LogP contribution is -2.25. The number of para-hydroxylation sites is 2. The number of aryl methyl sites for hydroxylation is 1. The van der Waals surface area contributed by atoms with Crippen molar-refractivity contribution in [1.29, 1.82) is 0 Å². The SMILES string of the molecule is CCCCOC(=O)[C@@H]1Cc2ccc(CCCC)nc2[C@H]1c1ccc(OC)cc1CC(C)C(=O)O.c1ccc2c(c1)OCO2. The minimum atomic E-state index is -0.851. The molecule has 43 heavy (non-hydrogen) atoms. The van der Waals surface area contributed by atoms with E-state index in [-0.39, 0.29) is 17.8 Å². The summed E-state index contributed by atoms with van der Waals surface area (Å²) in [5.41, 5.74) is 4.82. The number of ether oxygens (including phenoxy) is 4. The Labute approximate surface area is 254 Å². The zero-order valence-corrected chi connectivity index (χ0v) is 25.6. The number of rotatable bonds is 12. The Morgan fingerprint density at radius 3 is 2.40 bits per heavy atom. The van der Waals surface area contributed by atoms with Gasteiger partial charge < -0.3 is 24.1 Å². The normalized spacial score (nSPS) is 16.9. The maximum absolute atomic E-state index is 13.2. The predicted octanol–water partition coefficient (Wildman–Crippen LogP) is 6.76. The summed E-state index contributed by atoms with van der Waals surface area (Å²) in [6.07, 6.45) is 5.76. The first-order chi connectivity index (χ1) is 20.9. The van der Waals surface area contributed by atoms with Crippen LogP contribution in [0, 0.1) is 11.8 Å². The van der Waals surface area contributed by atoms with Gasteiger partial charge in [-0.3, -0.25) is 14.6 Å². The number of fused-ring (bicyclic) bond motifs is 2. The van der Waals surface area contributed by atoms with E-state index in [0.717, 1.165) is 71.7 Å². The van der Waals surface area contributed by atoms with Crippen molar-refractivity contribution in [1.82, 2.24) is 4.98 Å². The molecule has 2 heterocycles. The number of hydrogen-bond donors (Lipinski definition) is 1. The summed E-state index contributed by atoms with van der Waals surface area (Å²) in [7, 11) is 1.60. The average molecular weight is 590 g/mol. The summed E-state index contributed by atoms with van der Waals surface area (Å²) in [4.78, 5) is 29.9. The first-order valence-electron chi connectivity index (χ1n) is 15.3. The molecule has 0 saturated carbocycles. The van der Waals surface area contributed by atoms with Crippen molar-refractivity contribution in [3.63, 3.8) is 0 Å². The third-order valence-electron chi connectivity index (χ3n) is 7.95. The number of methoxy groups -OCH3 is 1. The van der Waals surface area contributed by atoms with Gasteiger partial charge >= 0.3 is 11.9 Å². The van der Waals surface area contributed by atoms with Gasteiger partial charge in [-0.1, -0.05) is 57.9 Å². The second-order valence-corrected chi connectivity index (χ2v) is 11.1. The van der Waals surface area contributed by atoms with Crippen LogP contribution in [-0.2, 0) is 33.6 Å². The van der Waals surface area contributed by atoms with Gasteiger partial charge in [-0.05, 0) is 79.1 Å². The second kappa shape index (κ2) is 15.4. The van der Waals surface area contributed by atoms with Crippen LogP contribution in [0.5, 0.6) is 17.2 Å². The smallest absolute Gasteiger partial charge is 0.310 e. The monoisotopic (exact) mass is 589 g/mol. The van der Waals surface area contributed by atoms with Crippen LogP contribution in [0.1, 0.15) is 80.5 Å². The van der Waals surface area contributed by atoms with E-state index in [1.165, 1.54) is 0 Å². The lowest BCUT2D eigenvalue weighted by molar-refractivity contribution is -0.149. The lowest BCUT2D eigenvalue weighted by atomic mass is 9.82. The van der Waals surface area contributed by atoms with E-state index in [2.05, 4.69) is 26.0 Å². The van der Waals surface area contributed by atoms with Crippen molar-refractivity contribution in [2.75, 3.05) is 20.5 Å². The Balaban J connectivity index is 0.000000395. The summed E-state index contributed by atoms with van der Waals surface area (Å²) in [5.74, 6) is 0.0817. The number of carboxylic acid groups (broad SMARTS) is 1. The van der Waals surface area contributed by atoms with Crippen LogP contribution in [0.25, 0.3) is 0 Å². The molecule has 1 aromatic heterocycles. The van der Waals surface area contributed by atoms with Gasteiger partial charge in [-0.15, -0.1) is 0 Å². The molecule has 0 saturated heterocycles. The van der Waals surface area contributed by atoms with Gasteiger partial charge in [0.05, 0.1) is 31.2 Å². The molecule has 1 aliphatic heterocycles. The molecule has 0 amide bonds.